The van der Waals surface area contributed by atoms with Crippen LogP contribution in [0.15, 0.2) is 78.9 Å². The van der Waals surface area contributed by atoms with Crippen molar-refractivity contribution in [1.82, 2.24) is 0 Å². The van der Waals surface area contributed by atoms with Gasteiger partial charge in [-0.15, -0.1) is 0 Å². The first-order chi connectivity index (χ1) is 17.9. The topological polar surface area (TPSA) is 49.9 Å². The van der Waals surface area contributed by atoms with Gasteiger partial charge in [-0.05, 0) is 65.4 Å². The predicted molar refractivity (Wildman–Crippen MR) is 151 cm³/mol. The van der Waals surface area contributed by atoms with Crippen molar-refractivity contribution in [2.45, 2.75) is 38.6 Å². The first-order valence-corrected chi connectivity index (χ1v) is 13.0. The van der Waals surface area contributed by atoms with Crippen LogP contribution >= 0.6 is 0 Å². The highest BCUT2D eigenvalue weighted by Crippen LogP contribution is 2.30. The Balaban J connectivity index is 1.60. The van der Waals surface area contributed by atoms with Crippen LogP contribution in [0.1, 0.15) is 43.2 Å². The van der Waals surface area contributed by atoms with Crippen molar-refractivity contribution in [3.05, 3.63) is 90.0 Å². The number of methoxy groups -OCH3 is 1. The van der Waals surface area contributed by atoms with Crippen LogP contribution in [0.3, 0.4) is 0 Å². The van der Waals surface area contributed by atoms with E-state index in [0.29, 0.717) is 6.54 Å². The molecule has 0 unspecified atom stereocenters. The molecule has 1 saturated carbocycles. The molecule has 4 rings (SSSR count). The first kappa shape index (κ1) is 26.2. The number of nitrogens with zero attached hydrogens (tertiary/aromatic N) is 2. The zero-order chi connectivity index (χ0) is 26.2. The number of carbonyl (C=O) groups is 2. The minimum atomic E-state index is -0.406. The number of esters is 1. The standard InChI is InChI=1S/C32H36N2O3/c1-33(2)29-13-8-12-28(22-29)26-18-15-25(16-19-26)23-34(32(36)27-10-5-4-6-11-27)30-14-7-9-24(21-30)17-20-31(35)37-3/h7-9,12-22,27H,4-6,10-11,23H2,1-3H3/b20-17+. The van der Waals surface area contributed by atoms with E-state index in [4.69, 9.17) is 4.74 Å². The molecule has 0 radical (unpaired) electrons. The molecule has 0 aromatic heterocycles. The van der Waals surface area contributed by atoms with Crippen LogP contribution in [-0.2, 0) is 20.9 Å². The molecule has 0 aliphatic heterocycles. The van der Waals surface area contributed by atoms with E-state index in [0.717, 1.165) is 59.3 Å². The van der Waals surface area contributed by atoms with E-state index < -0.39 is 5.97 Å². The van der Waals surface area contributed by atoms with E-state index in [1.807, 2.05) is 43.3 Å². The van der Waals surface area contributed by atoms with Crippen molar-refractivity contribution >= 4 is 29.3 Å². The maximum Gasteiger partial charge on any atom is 0.330 e. The number of rotatable bonds is 8. The van der Waals surface area contributed by atoms with Crippen LogP contribution in [0.4, 0.5) is 11.4 Å². The highest BCUT2D eigenvalue weighted by molar-refractivity contribution is 5.95. The van der Waals surface area contributed by atoms with Crippen LogP contribution in [0.5, 0.6) is 0 Å². The van der Waals surface area contributed by atoms with Gasteiger partial charge in [0.25, 0.3) is 0 Å². The minimum absolute atomic E-state index is 0.0519. The molecule has 1 amide bonds. The zero-order valence-electron chi connectivity index (χ0n) is 22.0. The van der Waals surface area contributed by atoms with Gasteiger partial charge >= 0.3 is 5.97 Å². The second-order valence-electron chi connectivity index (χ2n) is 9.85. The summed E-state index contributed by atoms with van der Waals surface area (Å²) in [6.07, 6.45) is 8.41. The molecule has 3 aromatic carbocycles. The highest BCUT2D eigenvalue weighted by atomic mass is 16.5. The second-order valence-corrected chi connectivity index (χ2v) is 9.85. The Kier molecular flexibility index (Phi) is 8.78. The number of hydrogen-bond donors (Lipinski definition) is 0. The van der Waals surface area contributed by atoms with E-state index >= 15 is 0 Å². The molecule has 0 heterocycles. The van der Waals surface area contributed by atoms with Crippen LogP contribution in [-0.4, -0.2) is 33.1 Å². The van der Waals surface area contributed by atoms with Crippen molar-refractivity contribution in [3.63, 3.8) is 0 Å². The maximum atomic E-state index is 13.7. The summed E-state index contributed by atoms with van der Waals surface area (Å²) in [5, 5.41) is 0. The third kappa shape index (κ3) is 6.88. The molecule has 1 aliphatic rings. The fourth-order valence-electron chi connectivity index (χ4n) is 4.84. The maximum absolute atomic E-state index is 13.7. The average molecular weight is 497 g/mol. The lowest BCUT2D eigenvalue weighted by Crippen LogP contribution is -2.36. The van der Waals surface area contributed by atoms with E-state index in [9.17, 15) is 9.59 Å². The number of benzene rings is 3. The molecule has 0 spiro atoms. The minimum Gasteiger partial charge on any atom is -0.466 e. The van der Waals surface area contributed by atoms with Gasteiger partial charge in [-0.25, -0.2) is 4.79 Å². The second kappa shape index (κ2) is 12.4. The molecule has 5 heteroatoms. The van der Waals surface area contributed by atoms with Crippen LogP contribution < -0.4 is 9.80 Å². The summed E-state index contributed by atoms with van der Waals surface area (Å²) in [5.74, 6) is -0.177. The normalized spacial score (nSPS) is 13.9. The smallest absolute Gasteiger partial charge is 0.330 e. The number of ether oxygens (including phenoxy) is 1. The number of carbonyl (C=O) groups excluding carboxylic acids is 2. The first-order valence-electron chi connectivity index (χ1n) is 13.0. The van der Waals surface area contributed by atoms with Crippen LogP contribution in [0.25, 0.3) is 17.2 Å². The molecule has 3 aromatic rings. The Morgan fingerprint density at radius 3 is 2.27 bits per heavy atom. The number of hydrogen-bond acceptors (Lipinski definition) is 4. The highest BCUT2D eigenvalue weighted by Gasteiger charge is 2.27. The van der Waals surface area contributed by atoms with E-state index in [2.05, 4.69) is 53.4 Å². The molecular formula is C32H36N2O3. The Hall–Kier alpha value is -3.86. The fourth-order valence-corrected chi connectivity index (χ4v) is 4.84. The van der Waals surface area contributed by atoms with Gasteiger partial charge in [0.05, 0.1) is 13.7 Å². The largest absolute Gasteiger partial charge is 0.466 e. The lowest BCUT2D eigenvalue weighted by Gasteiger charge is -2.30. The average Bonchev–Trinajstić information content (AvgIpc) is 2.95. The summed E-state index contributed by atoms with van der Waals surface area (Å²) < 4.78 is 4.71. The monoisotopic (exact) mass is 496 g/mol. The summed E-state index contributed by atoms with van der Waals surface area (Å²) in [7, 11) is 5.44. The lowest BCUT2D eigenvalue weighted by molar-refractivity contribution is -0.134. The summed E-state index contributed by atoms with van der Waals surface area (Å²) in [6.45, 7) is 0.498. The number of anilines is 2. The molecule has 37 heavy (non-hydrogen) atoms. The van der Waals surface area contributed by atoms with Crippen molar-refractivity contribution in [1.29, 1.82) is 0 Å². The molecule has 1 fully saturated rings. The van der Waals surface area contributed by atoms with Gasteiger partial charge < -0.3 is 14.5 Å². The Morgan fingerprint density at radius 1 is 0.865 bits per heavy atom. The molecule has 0 atom stereocenters. The van der Waals surface area contributed by atoms with Gasteiger partial charge in [-0.2, -0.15) is 0 Å². The summed E-state index contributed by atoms with van der Waals surface area (Å²) in [6, 6.07) is 24.7. The van der Waals surface area contributed by atoms with Crippen molar-refractivity contribution in [2.24, 2.45) is 5.92 Å². The van der Waals surface area contributed by atoms with Crippen LogP contribution in [0, 0.1) is 5.92 Å². The van der Waals surface area contributed by atoms with E-state index in [1.165, 1.54) is 19.6 Å². The molecule has 5 nitrogen and oxygen atoms in total. The quantitative estimate of drug-likeness (QED) is 0.257. The summed E-state index contributed by atoms with van der Waals surface area (Å²) in [5.41, 5.74) is 6.23. The van der Waals surface area contributed by atoms with E-state index in [1.54, 1.807) is 6.08 Å². The Bertz CT molecular complexity index is 1240. The summed E-state index contributed by atoms with van der Waals surface area (Å²) >= 11 is 0. The Morgan fingerprint density at radius 2 is 1.57 bits per heavy atom. The lowest BCUT2D eigenvalue weighted by atomic mass is 9.88. The summed E-state index contributed by atoms with van der Waals surface area (Å²) in [4.78, 5) is 29.3. The van der Waals surface area contributed by atoms with Crippen LogP contribution in [0.2, 0.25) is 0 Å². The van der Waals surface area contributed by atoms with Crippen molar-refractivity contribution < 1.29 is 14.3 Å². The van der Waals surface area contributed by atoms with Gasteiger partial charge in [-0.3, -0.25) is 4.79 Å². The molecule has 1 aliphatic carbocycles. The van der Waals surface area contributed by atoms with Crippen molar-refractivity contribution in [3.8, 4) is 11.1 Å². The molecule has 192 valence electrons. The van der Waals surface area contributed by atoms with E-state index in [-0.39, 0.29) is 11.8 Å². The van der Waals surface area contributed by atoms with Gasteiger partial charge in [0, 0.05) is 37.5 Å². The predicted octanol–water partition coefficient (Wildman–Crippen LogP) is 6.72. The zero-order valence-corrected chi connectivity index (χ0v) is 22.0. The van der Waals surface area contributed by atoms with Gasteiger partial charge in [0.15, 0.2) is 0 Å². The Labute approximate surface area is 220 Å². The molecule has 0 bridgehead atoms. The van der Waals surface area contributed by atoms with Gasteiger partial charge in [0.1, 0.15) is 0 Å². The SMILES string of the molecule is COC(=O)/C=C/c1cccc(N(Cc2ccc(-c3cccc(N(C)C)c3)cc2)C(=O)C2CCCCC2)c1. The van der Waals surface area contributed by atoms with Crippen molar-refractivity contribution in [2.75, 3.05) is 31.0 Å². The molecule has 0 N–H and O–H groups in total. The fraction of sp³-hybridized carbons (Fsp3) is 0.312. The molecule has 0 saturated heterocycles. The van der Waals surface area contributed by atoms with Gasteiger partial charge in [-0.1, -0.05) is 67.8 Å². The third-order valence-electron chi connectivity index (χ3n) is 7.01. The number of amides is 1. The van der Waals surface area contributed by atoms with Gasteiger partial charge in [0.2, 0.25) is 5.91 Å². The molecular weight excluding hydrogens is 460 g/mol. The third-order valence-corrected chi connectivity index (χ3v) is 7.01.